The van der Waals surface area contributed by atoms with Crippen LogP contribution in [0.5, 0.6) is 17.2 Å². The highest BCUT2D eigenvalue weighted by Gasteiger charge is 2.25. The van der Waals surface area contributed by atoms with Crippen LogP contribution in [0.15, 0.2) is 60.0 Å². The maximum absolute atomic E-state index is 13.0. The van der Waals surface area contributed by atoms with Gasteiger partial charge >= 0.3 is 0 Å². The molecule has 0 aliphatic rings. The van der Waals surface area contributed by atoms with E-state index < -0.39 is 15.9 Å². The second kappa shape index (κ2) is 12.9. The number of sulfonamides is 1. The number of ether oxygens (including phenoxy) is 3. The summed E-state index contributed by atoms with van der Waals surface area (Å²) in [6, 6.07) is 11.7. The van der Waals surface area contributed by atoms with Gasteiger partial charge in [-0.15, -0.1) is 6.58 Å². The van der Waals surface area contributed by atoms with Crippen LogP contribution in [0.3, 0.4) is 0 Å². The van der Waals surface area contributed by atoms with E-state index in [1.54, 1.807) is 12.1 Å². The summed E-state index contributed by atoms with van der Waals surface area (Å²) in [6.45, 7) is 8.52. The number of nitrogens with one attached hydrogen (secondary N) is 1. The maximum Gasteiger partial charge on any atom is 0.243 e. The molecular weight excluding hydrogens is 444 g/mol. The van der Waals surface area contributed by atoms with Gasteiger partial charge in [-0.25, -0.2) is 8.42 Å². The van der Waals surface area contributed by atoms with Crippen molar-refractivity contribution in [2.24, 2.45) is 0 Å². The van der Waals surface area contributed by atoms with Crippen molar-refractivity contribution < 1.29 is 27.4 Å². The highest BCUT2D eigenvalue weighted by atomic mass is 32.2. The lowest BCUT2D eigenvalue weighted by Gasteiger charge is -2.20. The van der Waals surface area contributed by atoms with Crippen molar-refractivity contribution in [2.75, 3.05) is 40.0 Å². The standard InChI is InChI=1S/C24H32N2O6S/c1-5-16-26(33(28,29)21-11-9-20(30-4)10-12-21)18-24(27)25-15-14-19-8-13-22(31-6-2)23(17-19)32-7-3/h5,8-13,17H,1,6-7,14-16,18H2,2-4H3,(H,25,27). The van der Waals surface area contributed by atoms with Gasteiger partial charge in [0.1, 0.15) is 5.75 Å². The van der Waals surface area contributed by atoms with E-state index in [4.69, 9.17) is 14.2 Å². The van der Waals surface area contributed by atoms with Crippen LogP contribution in [0.2, 0.25) is 0 Å². The van der Waals surface area contributed by atoms with Crippen LogP contribution in [-0.2, 0) is 21.2 Å². The van der Waals surface area contributed by atoms with E-state index in [2.05, 4.69) is 11.9 Å². The average Bonchev–Trinajstić information content (AvgIpc) is 2.80. The predicted octanol–water partition coefficient (Wildman–Crippen LogP) is 3.03. The zero-order chi connectivity index (χ0) is 24.3. The van der Waals surface area contributed by atoms with Gasteiger partial charge in [0.25, 0.3) is 0 Å². The van der Waals surface area contributed by atoms with Crippen LogP contribution >= 0.6 is 0 Å². The molecule has 0 spiro atoms. The Kier molecular flexibility index (Phi) is 10.2. The molecule has 8 nitrogen and oxygen atoms in total. The molecular formula is C24H32N2O6S. The molecule has 33 heavy (non-hydrogen) atoms. The third-order valence-corrected chi connectivity index (χ3v) is 6.52. The first kappa shape index (κ1) is 26.2. The molecule has 1 N–H and O–H groups in total. The van der Waals surface area contributed by atoms with Gasteiger partial charge in [0, 0.05) is 13.1 Å². The fraction of sp³-hybridized carbons (Fsp3) is 0.375. The smallest absolute Gasteiger partial charge is 0.243 e. The predicted molar refractivity (Wildman–Crippen MR) is 127 cm³/mol. The normalized spacial score (nSPS) is 11.2. The van der Waals surface area contributed by atoms with Crippen molar-refractivity contribution in [3.63, 3.8) is 0 Å². The number of hydrogen-bond acceptors (Lipinski definition) is 6. The second-order valence-electron chi connectivity index (χ2n) is 7.01. The Bertz CT molecular complexity index is 1020. The SMILES string of the molecule is C=CCN(CC(=O)NCCc1ccc(OCC)c(OCC)c1)S(=O)(=O)c1ccc(OC)cc1. The number of methoxy groups -OCH3 is 1. The molecule has 180 valence electrons. The number of rotatable bonds is 14. The Balaban J connectivity index is 1.99. The lowest BCUT2D eigenvalue weighted by molar-refractivity contribution is -0.121. The number of benzene rings is 2. The van der Waals surface area contributed by atoms with E-state index in [9.17, 15) is 13.2 Å². The van der Waals surface area contributed by atoms with Crippen molar-refractivity contribution in [1.82, 2.24) is 9.62 Å². The van der Waals surface area contributed by atoms with Gasteiger partial charge in [-0.3, -0.25) is 4.79 Å². The lowest BCUT2D eigenvalue weighted by Crippen LogP contribution is -2.41. The van der Waals surface area contributed by atoms with Crippen LogP contribution < -0.4 is 19.5 Å². The summed E-state index contributed by atoms with van der Waals surface area (Å²) >= 11 is 0. The van der Waals surface area contributed by atoms with Gasteiger partial charge in [0.05, 0.1) is 31.8 Å². The molecule has 2 rings (SSSR count). The molecule has 0 radical (unpaired) electrons. The van der Waals surface area contributed by atoms with Gasteiger partial charge < -0.3 is 19.5 Å². The molecule has 9 heteroatoms. The zero-order valence-electron chi connectivity index (χ0n) is 19.4. The fourth-order valence-corrected chi connectivity index (χ4v) is 4.47. The van der Waals surface area contributed by atoms with E-state index in [0.29, 0.717) is 43.4 Å². The first-order valence-corrected chi connectivity index (χ1v) is 12.2. The van der Waals surface area contributed by atoms with Crippen LogP contribution in [0, 0.1) is 0 Å². The average molecular weight is 477 g/mol. The van der Waals surface area contributed by atoms with Gasteiger partial charge in [-0.05, 0) is 62.2 Å². The molecule has 2 aromatic carbocycles. The Morgan fingerprint density at radius 3 is 2.33 bits per heavy atom. The van der Waals surface area contributed by atoms with E-state index >= 15 is 0 Å². The molecule has 0 aliphatic heterocycles. The molecule has 0 aliphatic carbocycles. The first-order valence-electron chi connectivity index (χ1n) is 10.8. The number of amides is 1. The van der Waals surface area contributed by atoms with Crippen molar-refractivity contribution in [3.05, 3.63) is 60.7 Å². The first-order chi connectivity index (χ1) is 15.8. The summed E-state index contributed by atoms with van der Waals surface area (Å²) < 4.78 is 43.3. The van der Waals surface area contributed by atoms with Gasteiger partial charge in [0.2, 0.25) is 15.9 Å². The van der Waals surface area contributed by atoms with Crippen molar-refractivity contribution in [3.8, 4) is 17.2 Å². The summed E-state index contributed by atoms with van der Waals surface area (Å²) in [7, 11) is -2.36. The summed E-state index contributed by atoms with van der Waals surface area (Å²) in [6.07, 6.45) is 2.01. The van der Waals surface area contributed by atoms with E-state index in [1.807, 2.05) is 32.0 Å². The molecule has 0 saturated heterocycles. The van der Waals surface area contributed by atoms with Crippen molar-refractivity contribution in [2.45, 2.75) is 25.2 Å². The fourth-order valence-electron chi connectivity index (χ4n) is 3.10. The Morgan fingerprint density at radius 1 is 1.06 bits per heavy atom. The zero-order valence-corrected chi connectivity index (χ0v) is 20.2. The van der Waals surface area contributed by atoms with Crippen LogP contribution in [-0.4, -0.2) is 58.6 Å². The molecule has 0 saturated carbocycles. The summed E-state index contributed by atoms with van der Waals surface area (Å²) in [5, 5.41) is 2.78. The third-order valence-electron chi connectivity index (χ3n) is 4.69. The maximum atomic E-state index is 13.0. The number of carbonyl (C=O) groups excluding carboxylic acids is 1. The van der Waals surface area contributed by atoms with Gasteiger partial charge in [0.15, 0.2) is 11.5 Å². The van der Waals surface area contributed by atoms with E-state index in [0.717, 1.165) is 9.87 Å². The molecule has 0 fully saturated rings. The lowest BCUT2D eigenvalue weighted by atomic mass is 10.1. The molecule has 0 aromatic heterocycles. The van der Waals surface area contributed by atoms with Crippen molar-refractivity contribution in [1.29, 1.82) is 0 Å². The number of nitrogens with zero attached hydrogens (tertiary/aromatic N) is 1. The molecule has 0 heterocycles. The van der Waals surface area contributed by atoms with E-state index in [-0.39, 0.29) is 18.0 Å². The van der Waals surface area contributed by atoms with Crippen LogP contribution in [0.25, 0.3) is 0 Å². The molecule has 0 unspecified atom stereocenters. The van der Waals surface area contributed by atoms with E-state index in [1.165, 1.54) is 25.3 Å². The number of hydrogen-bond donors (Lipinski definition) is 1. The highest BCUT2D eigenvalue weighted by molar-refractivity contribution is 7.89. The largest absolute Gasteiger partial charge is 0.497 e. The Morgan fingerprint density at radius 2 is 1.73 bits per heavy atom. The molecule has 0 atom stereocenters. The van der Waals surface area contributed by atoms with Crippen LogP contribution in [0.4, 0.5) is 0 Å². The molecule has 0 bridgehead atoms. The minimum atomic E-state index is -3.87. The van der Waals surface area contributed by atoms with Crippen molar-refractivity contribution >= 4 is 15.9 Å². The molecule has 2 aromatic rings. The summed E-state index contributed by atoms with van der Waals surface area (Å²) in [4.78, 5) is 12.6. The summed E-state index contributed by atoms with van der Waals surface area (Å²) in [5.74, 6) is 1.48. The Hall–Kier alpha value is -3.04. The van der Waals surface area contributed by atoms with Gasteiger partial charge in [-0.2, -0.15) is 4.31 Å². The second-order valence-corrected chi connectivity index (χ2v) is 8.95. The number of carbonyl (C=O) groups is 1. The topological polar surface area (TPSA) is 94.2 Å². The monoisotopic (exact) mass is 476 g/mol. The quantitative estimate of drug-likeness (QED) is 0.421. The third kappa shape index (κ3) is 7.50. The van der Waals surface area contributed by atoms with Crippen LogP contribution in [0.1, 0.15) is 19.4 Å². The highest BCUT2D eigenvalue weighted by Crippen LogP contribution is 2.28. The van der Waals surface area contributed by atoms with Gasteiger partial charge in [-0.1, -0.05) is 12.1 Å². The molecule has 1 amide bonds. The minimum absolute atomic E-state index is 0.0123. The summed E-state index contributed by atoms with van der Waals surface area (Å²) in [5.41, 5.74) is 0.969. The Labute approximate surface area is 196 Å². The minimum Gasteiger partial charge on any atom is -0.497 e.